The zero-order valence-electron chi connectivity index (χ0n) is 11.8. The number of aromatic amines is 1. The molecule has 0 aliphatic carbocycles. The lowest BCUT2D eigenvalue weighted by atomic mass is 10.3. The maximum atomic E-state index is 5.48. The number of hydrogen-bond acceptors (Lipinski definition) is 5. The molecule has 2 aromatic heterocycles. The fourth-order valence-electron chi connectivity index (χ4n) is 2.15. The molecule has 6 heteroatoms. The van der Waals surface area contributed by atoms with Crippen LogP contribution in [0, 0.1) is 0 Å². The number of nitrogens with one attached hydrogen (secondary N) is 2. The summed E-state index contributed by atoms with van der Waals surface area (Å²) in [7, 11) is 0. The minimum Gasteiger partial charge on any atom is -0.349 e. The second-order valence-corrected chi connectivity index (χ2v) is 5.79. The maximum Gasteiger partial charge on any atom is 0.144 e. The Labute approximate surface area is 127 Å². The van der Waals surface area contributed by atoms with E-state index in [9.17, 15) is 0 Å². The van der Waals surface area contributed by atoms with Crippen LogP contribution < -0.4 is 11.3 Å². The lowest BCUT2D eigenvalue weighted by molar-refractivity contribution is 0.810. The molecule has 0 amide bonds. The number of aryl methyl sites for hydroxylation is 1. The molecule has 0 aliphatic heterocycles. The SMILES string of the molecule is CCCc1nc(NN)cc(Sc2cc3ccccc3[nH]2)n1. The number of rotatable bonds is 5. The number of anilines is 1. The highest BCUT2D eigenvalue weighted by atomic mass is 32.2. The van der Waals surface area contributed by atoms with E-state index in [0.29, 0.717) is 5.82 Å². The van der Waals surface area contributed by atoms with Crippen molar-refractivity contribution in [2.45, 2.75) is 29.8 Å². The summed E-state index contributed by atoms with van der Waals surface area (Å²) >= 11 is 1.58. The smallest absolute Gasteiger partial charge is 0.144 e. The van der Waals surface area contributed by atoms with Gasteiger partial charge < -0.3 is 10.4 Å². The Morgan fingerprint density at radius 2 is 2.10 bits per heavy atom. The molecule has 0 aliphatic rings. The van der Waals surface area contributed by atoms with Crippen LogP contribution in [0.1, 0.15) is 19.2 Å². The molecule has 0 saturated carbocycles. The third kappa shape index (κ3) is 3.17. The van der Waals surface area contributed by atoms with Crippen molar-refractivity contribution < 1.29 is 0 Å². The summed E-state index contributed by atoms with van der Waals surface area (Å²) < 4.78 is 0. The predicted octanol–water partition coefficient (Wildman–Crippen LogP) is 3.35. The third-order valence-electron chi connectivity index (χ3n) is 3.09. The van der Waals surface area contributed by atoms with Crippen LogP contribution in [0.2, 0.25) is 0 Å². The largest absolute Gasteiger partial charge is 0.349 e. The second-order valence-electron chi connectivity index (χ2n) is 4.72. The van der Waals surface area contributed by atoms with Crippen molar-refractivity contribution in [2.24, 2.45) is 5.84 Å². The van der Waals surface area contributed by atoms with E-state index in [2.05, 4.69) is 45.5 Å². The van der Waals surface area contributed by atoms with Crippen LogP contribution in [-0.4, -0.2) is 15.0 Å². The molecule has 0 bridgehead atoms. The predicted molar refractivity (Wildman–Crippen MR) is 86.3 cm³/mol. The molecule has 21 heavy (non-hydrogen) atoms. The molecule has 1 aromatic carbocycles. The van der Waals surface area contributed by atoms with E-state index >= 15 is 0 Å². The first-order valence-corrected chi connectivity index (χ1v) is 7.70. The van der Waals surface area contributed by atoms with Crippen molar-refractivity contribution in [1.29, 1.82) is 0 Å². The van der Waals surface area contributed by atoms with Gasteiger partial charge in [-0.25, -0.2) is 15.8 Å². The van der Waals surface area contributed by atoms with Gasteiger partial charge in [-0.3, -0.25) is 0 Å². The van der Waals surface area contributed by atoms with Gasteiger partial charge in [-0.2, -0.15) is 0 Å². The molecule has 0 radical (unpaired) electrons. The first kappa shape index (κ1) is 13.9. The Hall–Kier alpha value is -2.05. The lowest BCUT2D eigenvalue weighted by Crippen LogP contribution is -2.10. The Morgan fingerprint density at radius 1 is 1.24 bits per heavy atom. The van der Waals surface area contributed by atoms with Gasteiger partial charge in [0.05, 0.1) is 5.03 Å². The molecule has 0 spiro atoms. The number of benzene rings is 1. The van der Waals surface area contributed by atoms with E-state index < -0.39 is 0 Å². The van der Waals surface area contributed by atoms with Gasteiger partial charge >= 0.3 is 0 Å². The molecule has 0 unspecified atom stereocenters. The number of H-pyrrole nitrogens is 1. The molecule has 4 N–H and O–H groups in total. The molecule has 5 nitrogen and oxygen atoms in total. The summed E-state index contributed by atoms with van der Waals surface area (Å²) in [5, 5.41) is 3.13. The molecular weight excluding hydrogens is 282 g/mol. The van der Waals surface area contributed by atoms with Gasteiger partial charge in [-0.15, -0.1) is 0 Å². The van der Waals surface area contributed by atoms with Crippen molar-refractivity contribution in [2.75, 3.05) is 5.43 Å². The molecule has 0 atom stereocenters. The number of nitrogens with zero attached hydrogens (tertiary/aromatic N) is 2. The van der Waals surface area contributed by atoms with Crippen molar-refractivity contribution >= 4 is 28.5 Å². The number of nitrogen functional groups attached to an aromatic ring is 1. The van der Waals surface area contributed by atoms with E-state index in [1.165, 1.54) is 5.39 Å². The molecule has 0 fully saturated rings. The van der Waals surface area contributed by atoms with Crippen LogP contribution in [0.15, 0.2) is 46.5 Å². The highest BCUT2D eigenvalue weighted by Gasteiger charge is 2.07. The molecule has 3 aromatic rings. The van der Waals surface area contributed by atoms with E-state index in [1.807, 2.05) is 18.2 Å². The van der Waals surface area contributed by atoms with Gasteiger partial charge in [0.2, 0.25) is 0 Å². The average molecular weight is 299 g/mol. The Morgan fingerprint density at radius 3 is 2.86 bits per heavy atom. The van der Waals surface area contributed by atoms with Gasteiger partial charge in [-0.05, 0) is 18.6 Å². The van der Waals surface area contributed by atoms with Crippen LogP contribution in [0.25, 0.3) is 10.9 Å². The lowest BCUT2D eigenvalue weighted by Gasteiger charge is -2.06. The second kappa shape index (κ2) is 6.15. The number of para-hydroxylation sites is 1. The molecular formula is C15H17N5S. The fraction of sp³-hybridized carbons (Fsp3) is 0.200. The summed E-state index contributed by atoms with van der Waals surface area (Å²) in [6, 6.07) is 12.2. The van der Waals surface area contributed by atoms with Gasteiger partial charge in [0.25, 0.3) is 0 Å². The van der Waals surface area contributed by atoms with Gasteiger partial charge in [0.1, 0.15) is 16.7 Å². The van der Waals surface area contributed by atoms with E-state index in [1.54, 1.807) is 11.8 Å². The topological polar surface area (TPSA) is 79.6 Å². The molecule has 0 saturated heterocycles. The minimum atomic E-state index is 0.645. The van der Waals surface area contributed by atoms with Gasteiger partial charge in [-0.1, -0.05) is 36.9 Å². The average Bonchev–Trinajstić information content (AvgIpc) is 2.89. The number of hydrogen-bond donors (Lipinski definition) is 3. The summed E-state index contributed by atoms with van der Waals surface area (Å²) in [6.45, 7) is 2.11. The van der Waals surface area contributed by atoms with Crippen molar-refractivity contribution in [1.82, 2.24) is 15.0 Å². The number of fused-ring (bicyclic) bond motifs is 1. The number of aromatic nitrogens is 3. The summed E-state index contributed by atoms with van der Waals surface area (Å²) in [4.78, 5) is 12.3. The van der Waals surface area contributed by atoms with Crippen molar-refractivity contribution in [3.05, 3.63) is 42.2 Å². The summed E-state index contributed by atoms with van der Waals surface area (Å²) in [5.74, 6) is 6.94. The standard InChI is InChI=1S/C15H17N5S/c1-2-5-12-18-13(20-16)9-15(19-12)21-14-8-10-6-3-4-7-11(10)17-14/h3-4,6-9,17H,2,5,16H2,1H3,(H,18,19,20). The first-order valence-electron chi connectivity index (χ1n) is 6.88. The quantitative estimate of drug-likeness (QED) is 0.382. The Bertz CT molecular complexity index is 720. The molecule has 2 heterocycles. The molecule has 3 rings (SSSR count). The van der Waals surface area contributed by atoms with Crippen molar-refractivity contribution in [3.63, 3.8) is 0 Å². The maximum absolute atomic E-state index is 5.48. The van der Waals surface area contributed by atoms with E-state index in [-0.39, 0.29) is 0 Å². The minimum absolute atomic E-state index is 0.645. The Balaban J connectivity index is 1.90. The monoisotopic (exact) mass is 299 g/mol. The van der Waals surface area contributed by atoms with Crippen LogP contribution in [-0.2, 0) is 6.42 Å². The summed E-state index contributed by atoms with van der Waals surface area (Å²) in [6.07, 6.45) is 1.85. The van der Waals surface area contributed by atoms with Crippen molar-refractivity contribution in [3.8, 4) is 0 Å². The van der Waals surface area contributed by atoms with E-state index in [0.717, 1.165) is 34.2 Å². The van der Waals surface area contributed by atoms with Crippen LogP contribution >= 0.6 is 11.8 Å². The van der Waals surface area contributed by atoms with Crippen LogP contribution in [0.3, 0.4) is 0 Å². The summed E-state index contributed by atoms with van der Waals surface area (Å²) in [5.41, 5.74) is 3.73. The van der Waals surface area contributed by atoms with Gasteiger partial charge in [0, 0.05) is 23.4 Å². The van der Waals surface area contributed by atoms with Gasteiger partial charge in [0.15, 0.2) is 0 Å². The number of nitrogens with two attached hydrogens (primary N) is 1. The Kier molecular flexibility index (Phi) is 4.08. The zero-order chi connectivity index (χ0) is 14.7. The highest BCUT2D eigenvalue weighted by molar-refractivity contribution is 7.99. The fourth-order valence-corrected chi connectivity index (χ4v) is 3.04. The van der Waals surface area contributed by atoms with Crippen LogP contribution in [0.5, 0.6) is 0 Å². The number of hydrazine groups is 1. The van der Waals surface area contributed by atoms with E-state index in [4.69, 9.17) is 5.84 Å². The highest BCUT2D eigenvalue weighted by Crippen LogP contribution is 2.29. The third-order valence-corrected chi connectivity index (χ3v) is 3.95. The molecule has 108 valence electrons. The first-order chi connectivity index (χ1) is 10.3. The zero-order valence-corrected chi connectivity index (χ0v) is 12.6. The normalized spacial score (nSPS) is 11.0. The van der Waals surface area contributed by atoms with Crippen LogP contribution in [0.4, 0.5) is 5.82 Å².